The molecule has 0 aliphatic carbocycles. The molecule has 2 amide bonds. The van der Waals surface area contributed by atoms with Crippen LogP contribution in [-0.4, -0.2) is 54.8 Å². The summed E-state index contributed by atoms with van der Waals surface area (Å²) in [5.74, 6) is -4.64. The molecule has 1 N–H and O–H groups in total. The molecule has 0 radical (unpaired) electrons. The molecule has 2 rings (SSSR count). The maximum Gasteiger partial charge on any atom is 0.238 e. The first-order valence-electron chi connectivity index (χ1n) is 8.17. The van der Waals surface area contributed by atoms with Gasteiger partial charge in [0.25, 0.3) is 0 Å². The van der Waals surface area contributed by atoms with Gasteiger partial charge in [-0.25, -0.2) is 13.2 Å². The third-order valence-electron chi connectivity index (χ3n) is 4.14. The lowest BCUT2D eigenvalue weighted by Crippen LogP contribution is -2.45. The van der Waals surface area contributed by atoms with E-state index in [-0.39, 0.29) is 19.0 Å². The van der Waals surface area contributed by atoms with E-state index in [0.29, 0.717) is 19.0 Å². The largest absolute Gasteiger partial charge is 0.341 e. The van der Waals surface area contributed by atoms with Gasteiger partial charge in [-0.3, -0.25) is 14.5 Å². The molecule has 1 aliphatic heterocycles. The van der Waals surface area contributed by atoms with Gasteiger partial charge in [-0.15, -0.1) is 0 Å². The zero-order valence-corrected chi connectivity index (χ0v) is 14.3. The number of piperidine rings is 1. The molecule has 1 fully saturated rings. The number of benzene rings is 1. The monoisotopic (exact) mass is 357 g/mol. The standard InChI is InChI=1S/C17H22F3N3O2/c1-11-4-3-7-23(8-11)15(25)10-22(2)9-14(24)21-13-6-5-12(18)16(19)17(13)20/h5-6,11H,3-4,7-10H2,1-2H3,(H,21,24)/t11-/m1/s1. The fourth-order valence-corrected chi connectivity index (χ4v) is 2.86. The number of amides is 2. The summed E-state index contributed by atoms with van der Waals surface area (Å²) in [6.45, 7) is 3.39. The molecular formula is C17H22F3N3O2. The van der Waals surface area contributed by atoms with Gasteiger partial charge >= 0.3 is 0 Å². The van der Waals surface area contributed by atoms with Crippen LogP contribution < -0.4 is 5.32 Å². The Labute approximate surface area is 144 Å². The maximum absolute atomic E-state index is 13.5. The lowest BCUT2D eigenvalue weighted by Gasteiger charge is -2.32. The first-order chi connectivity index (χ1) is 11.8. The summed E-state index contributed by atoms with van der Waals surface area (Å²) >= 11 is 0. The highest BCUT2D eigenvalue weighted by Crippen LogP contribution is 2.19. The number of likely N-dealkylation sites (N-methyl/N-ethyl adjacent to an activating group) is 1. The number of nitrogens with one attached hydrogen (secondary N) is 1. The van der Waals surface area contributed by atoms with Gasteiger partial charge < -0.3 is 10.2 Å². The number of carbonyl (C=O) groups excluding carboxylic acids is 2. The van der Waals surface area contributed by atoms with Crippen molar-refractivity contribution in [1.29, 1.82) is 0 Å². The average molecular weight is 357 g/mol. The molecule has 138 valence electrons. The van der Waals surface area contributed by atoms with Crippen LogP contribution in [-0.2, 0) is 9.59 Å². The van der Waals surface area contributed by atoms with Gasteiger partial charge in [0.15, 0.2) is 17.5 Å². The first-order valence-corrected chi connectivity index (χ1v) is 8.17. The molecule has 8 heteroatoms. The van der Waals surface area contributed by atoms with Gasteiger partial charge in [0.05, 0.1) is 18.8 Å². The van der Waals surface area contributed by atoms with E-state index in [1.807, 2.05) is 0 Å². The van der Waals surface area contributed by atoms with Crippen molar-refractivity contribution in [2.75, 3.05) is 38.5 Å². The van der Waals surface area contributed by atoms with E-state index < -0.39 is 29.0 Å². The number of carbonyl (C=O) groups is 2. The minimum Gasteiger partial charge on any atom is -0.341 e. The Balaban J connectivity index is 1.86. The summed E-state index contributed by atoms with van der Waals surface area (Å²) in [5, 5.41) is 2.18. The van der Waals surface area contributed by atoms with Crippen LogP contribution in [0.4, 0.5) is 18.9 Å². The van der Waals surface area contributed by atoms with Crippen molar-refractivity contribution < 1.29 is 22.8 Å². The summed E-state index contributed by atoms with van der Waals surface area (Å²) in [7, 11) is 1.59. The van der Waals surface area contributed by atoms with Gasteiger partial charge in [0.2, 0.25) is 11.8 Å². The molecular weight excluding hydrogens is 335 g/mol. The van der Waals surface area contributed by atoms with E-state index in [1.165, 1.54) is 4.90 Å². The van der Waals surface area contributed by atoms with Crippen molar-refractivity contribution in [2.45, 2.75) is 19.8 Å². The molecule has 0 unspecified atom stereocenters. The molecule has 1 aromatic rings. The van der Waals surface area contributed by atoms with Crippen LogP contribution in [0, 0.1) is 23.4 Å². The molecule has 0 saturated carbocycles. The van der Waals surface area contributed by atoms with E-state index in [1.54, 1.807) is 11.9 Å². The number of rotatable bonds is 5. The molecule has 0 spiro atoms. The fourth-order valence-electron chi connectivity index (χ4n) is 2.86. The van der Waals surface area contributed by atoms with Gasteiger partial charge in [-0.1, -0.05) is 6.92 Å². The van der Waals surface area contributed by atoms with Crippen LogP contribution in [0.3, 0.4) is 0 Å². The van der Waals surface area contributed by atoms with Crippen molar-refractivity contribution in [3.63, 3.8) is 0 Å². The van der Waals surface area contributed by atoms with E-state index in [2.05, 4.69) is 12.2 Å². The van der Waals surface area contributed by atoms with Crippen molar-refractivity contribution in [3.8, 4) is 0 Å². The average Bonchev–Trinajstić information content (AvgIpc) is 2.55. The topological polar surface area (TPSA) is 52.7 Å². The number of likely N-dealkylation sites (tertiary alicyclic amines) is 1. The van der Waals surface area contributed by atoms with Crippen molar-refractivity contribution >= 4 is 17.5 Å². The molecule has 25 heavy (non-hydrogen) atoms. The number of hydrogen-bond acceptors (Lipinski definition) is 3. The van der Waals surface area contributed by atoms with Crippen LogP contribution in [0.1, 0.15) is 19.8 Å². The Morgan fingerprint density at radius 2 is 1.96 bits per heavy atom. The lowest BCUT2D eigenvalue weighted by atomic mass is 10.0. The molecule has 1 aromatic carbocycles. The second kappa shape index (κ2) is 8.33. The quantitative estimate of drug-likeness (QED) is 0.823. The Hall–Kier alpha value is -2.09. The van der Waals surface area contributed by atoms with E-state index >= 15 is 0 Å². The molecule has 0 bridgehead atoms. The number of nitrogens with zero attached hydrogens (tertiary/aromatic N) is 2. The van der Waals surface area contributed by atoms with Crippen LogP contribution >= 0.6 is 0 Å². The highest BCUT2D eigenvalue weighted by Gasteiger charge is 2.22. The van der Waals surface area contributed by atoms with Gasteiger partial charge in [-0.2, -0.15) is 0 Å². The summed E-state index contributed by atoms with van der Waals surface area (Å²) in [6.07, 6.45) is 2.06. The third-order valence-corrected chi connectivity index (χ3v) is 4.14. The van der Waals surface area contributed by atoms with Gasteiger partial charge in [0, 0.05) is 13.1 Å². The first kappa shape index (κ1) is 19.2. The zero-order valence-electron chi connectivity index (χ0n) is 14.3. The highest BCUT2D eigenvalue weighted by molar-refractivity contribution is 5.92. The van der Waals surface area contributed by atoms with Crippen LogP contribution in [0.15, 0.2) is 12.1 Å². The maximum atomic E-state index is 13.5. The highest BCUT2D eigenvalue weighted by atomic mass is 19.2. The molecule has 1 atom stereocenters. The summed E-state index contributed by atoms with van der Waals surface area (Å²) in [4.78, 5) is 27.4. The Morgan fingerprint density at radius 1 is 1.24 bits per heavy atom. The molecule has 1 heterocycles. The SMILES string of the molecule is C[C@@H]1CCCN(C(=O)CN(C)CC(=O)Nc2ccc(F)c(F)c2F)C1. The van der Waals surface area contributed by atoms with Gasteiger partial charge in [-0.05, 0) is 37.9 Å². The number of halogens is 3. The van der Waals surface area contributed by atoms with Gasteiger partial charge in [0.1, 0.15) is 0 Å². The third kappa shape index (κ3) is 5.19. The van der Waals surface area contributed by atoms with E-state index in [9.17, 15) is 22.8 Å². The fraction of sp³-hybridized carbons (Fsp3) is 0.529. The second-order valence-corrected chi connectivity index (χ2v) is 6.53. The molecule has 0 aromatic heterocycles. The Morgan fingerprint density at radius 3 is 2.64 bits per heavy atom. The van der Waals surface area contributed by atoms with Crippen molar-refractivity contribution in [1.82, 2.24) is 9.80 Å². The Kier molecular flexibility index (Phi) is 6.41. The summed E-state index contributed by atoms with van der Waals surface area (Å²) in [5.41, 5.74) is -0.437. The molecule has 5 nitrogen and oxygen atoms in total. The summed E-state index contributed by atoms with van der Waals surface area (Å²) < 4.78 is 39.6. The van der Waals surface area contributed by atoms with Crippen LogP contribution in [0.5, 0.6) is 0 Å². The summed E-state index contributed by atoms with van der Waals surface area (Å²) in [6, 6.07) is 1.69. The molecule has 1 saturated heterocycles. The van der Waals surface area contributed by atoms with Crippen LogP contribution in [0.25, 0.3) is 0 Å². The number of anilines is 1. The smallest absolute Gasteiger partial charge is 0.238 e. The van der Waals surface area contributed by atoms with Crippen LogP contribution in [0.2, 0.25) is 0 Å². The predicted molar refractivity (Wildman–Crippen MR) is 87.4 cm³/mol. The second-order valence-electron chi connectivity index (χ2n) is 6.53. The van der Waals surface area contributed by atoms with Crippen molar-refractivity contribution in [3.05, 3.63) is 29.6 Å². The predicted octanol–water partition coefficient (Wildman–Crippen LogP) is 2.23. The normalized spacial score (nSPS) is 17.7. The molecule has 1 aliphatic rings. The lowest BCUT2D eigenvalue weighted by molar-refractivity contribution is -0.134. The number of hydrogen-bond donors (Lipinski definition) is 1. The minimum atomic E-state index is -1.64. The van der Waals surface area contributed by atoms with E-state index in [0.717, 1.165) is 25.0 Å². The zero-order chi connectivity index (χ0) is 18.6. The Bertz CT molecular complexity index is 654. The van der Waals surface area contributed by atoms with E-state index in [4.69, 9.17) is 0 Å². The minimum absolute atomic E-state index is 0.0560. The van der Waals surface area contributed by atoms with Crippen molar-refractivity contribution in [2.24, 2.45) is 5.92 Å².